The Balaban J connectivity index is 1.92. The van der Waals surface area contributed by atoms with Crippen LogP contribution in [0.2, 0.25) is 0 Å². The summed E-state index contributed by atoms with van der Waals surface area (Å²) < 4.78 is 0. The molecule has 0 radical (unpaired) electrons. The van der Waals surface area contributed by atoms with Crippen LogP contribution in [0.5, 0.6) is 0 Å². The molecule has 0 bridgehead atoms. The molecule has 0 aliphatic carbocycles. The van der Waals surface area contributed by atoms with Gasteiger partial charge in [-0.05, 0) is 25.0 Å². The minimum absolute atomic E-state index is 0.553. The maximum Gasteiger partial charge on any atom is 0.133 e. The van der Waals surface area contributed by atoms with Crippen molar-refractivity contribution in [2.24, 2.45) is 0 Å². The van der Waals surface area contributed by atoms with Crippen molar-refractivity contribution >= 4 is 17.6 Å². The predicted octanol–water partition coefficient (Wildman–Crippen LogP) is 2.30. The van der Waals surface area contributed by atoms with Crippen molar-refractivity contribution in [3.8, 4) is 0 Å². The van der Waals surface area contributed by atoms with E-state index in [0.29, 0.717) is 17.3 Å². The Morgan fingerprint density at radius 3 is 3.00 bits per heavy atom. The topological polar surface area (TPSA) is 28.2 Å². The van der Waals surface area contributed by atoms with Crippen LogP contribution in [0.15, 0.2) is 17.2 Å². The summed E-state index contributed by atoms with van der Waals surface area (Å²) in [5.41, 5.74) is 1.42. The van der Waals surface area contributed by atoms with Gasteiger partial charge in [0, 0.05) is 30.4 Å². The number of aromatic nitrogens is 1. The average molecular weight is 263 g/mol. The molecule has 1 N–H and O–H groups in total. The van der Waals surface area contributed by atoms with Crippen LogP contribution in [0.1, 0.15) is 26.3 Å². The van der Waals surface area contributed by atoms with Crippen molar-refractivity contribution in [1.29, 1.82) is 0 Å². The first-order valence-corrected chi connectivity index (χ1v) is 7.68. The Hall–Kier alpha value is -0.740. The number of pyridine rings is 1. The van der Waals surface area contributed by atoms with Crippen LogP contribution in [0.4, 0.5) is 5.82 Å². The maximum atomic E-state index is 4.89. The van der Waals surface area contributed by atoms with E-state index in [1.165, 1.54) is 11.4 Å². The number of hydrogen-bond acceptors (Lipinski definition) is 4. The fraction of sp³-hybridized carbons (Fsp3) is 0.643. The second-order valence-corrected chi connectivity index (χ2v) is 7.17. The highest BCUT2D eigenvalue weighted by Gasteiger charge is 2.36. The van der Waals surface area contributed by atoms with E-state index in [1.807, 2.05) is 11.8 Å². The molecule has 0 spiro atoms. The molecule has 2 aliphatic heterocycles. The lowest BCUT2D eigenvalue weighted by Gasteiger charge is -2.37. The Morgan fingerprint density at radius 1 is 1.39 bits per heavy atom. The van der Waals surface area contributed by atoms with Crippen LogP contribution in [0.25, 0.3) is 0 Å². The Bertz CT molecular complexity index is 447. The van der Waals surface area contributed by atoms with Gasteiger partial charge < -0.3 is 10.2 Å². The van der Waals surface area contributed by atoms with E-state index in [4.69, 9.17) is 4.98 Å². The lowest BCUT2D eigenvalue weighted by molar-refractivity contribution is 0.427. The molecule has 3 rings (SSSR count). The molecule has 2 atom stereocenters. The van der Waals surface area contributed by atoms with Gasteiger partial charge in [-0.15, -0.1) is 11.8 Å². The molecule has 1 aromatic heterocycles. The Kier molecular flexibility index (Phi) is 3.24. The SMILES string of the molecule is CC(C)Sc1ccc2c(n1)N1[C@@H](CNC[C@H]1C)C2. The third-order valence-corrected chi connectivity index (χ3v) is 4.62. The minimum atomic E-state index is 0.553. The molecule has 98 valence electrons. The van der Waals surface area contributed by atoms with Crippen LogP contribution < -0.4 is 10.2 Å². The van der Waals surface area contributed by atoms with Crippen LogP contribution in [0.3, 0.4) is 0 Å². The summed E-state index contributed by atoms with van der Waals surface area (Å²) in [5.74, 6) is 1.24. The third kappa shape index (κ3) is 2.12. The van der Waals surface area contributed by atoms with E-state index in [1.54, 1.807) is 0 Å². The zero-order chi connectivity index (χ0) is 12.7. The Morgan fingerprint density at radius 2 is 2.22 bits per heavy atom. The lowest BCUT2D eigenvalue weighted by Crippen LogP contribution is -2.55. The summed E-state index contributed by atoms with van der Waals surface area (Å²) in [4.78, 5) is 7.41. The van der Waals surface area contributed by atoms with Gasteiger partial charge in [-0.3, -0.25) is 0 Å². The van der Waals surface area contributed by atoms with Gasteiger partial charge in [0.05, 0.1) is 5.03 Å². The zero-order valence-corrected chi connectivity index (χ0v) is 12.1. The van der Waals surface area contributed by atoms with Gasteiger partial charge in [0.15, 0.2) is 0 Å². The van der Waals surface area contributed by atoms with Crippen molar-refractivity contribution < 1.29 is 0 Å². The third-order valence-electron chi connectivity index (χ3n) is 3.67. The molecule has 3 nitrogen and oxygen atoms in total. The quantitative estimate of drug-likeness (QED) is 0.829. The van der Waals surface area contributed by atoms with Gasteiger partial charge >= 0.3 is 0 Å². The van der Waals surface area contributed by atoms with Gasteiger partial charge in [0.2, 0.25) is 0 Å². The molecular weight excluding hydrogens is 242 g/mol. The molecule has 0 saturated carbocycles. The summed E-state index contributed by atoms with van der Waals surface area (Å²) in [5, 5.41) is 5.27. The molecule has 3 heterocycles. The fourth-order valence-electron chi connectivity index (χ4n) is 2.97. The van der Waals surface area contributed by atoms with Crippen molar-refractivity contribution in [2.45, 2.75) is 49.6 Å². The standard InChI is InChI=1S/C14H21N3S/c1-9(2)18-13-5-4-11-6-12-8-15-7-10(3)17(12)14(11)16-13/h4-5,9-10,12,15H,6-8H2,1-3H3/t10-,12-/m1/s1. The van der Waals surface area contributed by atoms with E-state index >= 15 is 0 Å². The summed E-state index contributed by atoms with van der Waals surface area (Å²) in [6, 6.07) is 5.62. The monoisotopic (exact) mass is 263 g/mol. The molecule has 1 saturated heterocycles. The van der Waals surface area contributed by atoms with Gasteiger partial charge in [-0.1, -0.05) is 19.9 Å². The maximum absolute atomic E-state index is 4.89. The summed E-state index contributed by atoms with van der Waals surface area (Å²) in [6.45, 7) is 8.89. The highest BCUT2D eigenvalue weighted by atomic mass is 32.2. The van der Waals surface area contributed by atoms with Crippen LogP contribution in [-0.2, 0) is 6.42 Å². The van der Waals surface area contributed by atoms with E-state index in [-0.39, 0.29) is 0 Å². The molecule has 1 aromatic rings. The second-order valence-electron chi connectivity index (χ2n) is 5.57. The number of hydrogen-bond donors (Lipinski definition) is 1. The predicted molar refractivity (Wildman–Crippen MR) is 77.5 cm³/mol. The number of piperazine rings is 1. The van der Waals surface area contributed by atoms with E-state index < -0.39 is 0 Å². The van der Waals surface area contributed by atoms with Crippen LogP contribution in [-0.4, -0.2) is 35.4 Å². The molecule has 1 fully saturated rings. The molecule has 0 unspecified atom stereocenters. The number of nitrogens with one attached hydrogen (secondary N) is 1. The number of rotatable bonds is 2. The molecule has 18 heavy (non-hydrogen) atoms. The van der Waals surface area contributed by atoms with Gasteiger partial charge in [0.25, 0.3) is 0 Å². The second kappa shape index (κ2) is 4.74. The summed E-state index contributed by atoms with van der Waals surface area (Å²) in [6.07, 6.45) is 1.15. The normalized spacial score (nSPS) is 26.3. The fourth-order valence-corrected chi connectivity index (χ4v) is 3.74. The summed E-state index contributed by atoms with van der Waals surface area (Å²) >= 11 is 1.85. The first-order chi connectivity index (χ1) is 8.65. The molecule has 0 aromatic carbocycles. The van der Waals surface area contributed by atoms with Crippen molar-refractivity contribution in [2.75, 3.05) is 18.0 Å². The highest BCUT2D eigenvalue weighted by molar-refractivity contribution is 7.99. The number of nitrogens with zero attached hydrogens (tertiary/aromatic N) is 2. The van der Waals surface area contributed by atoms with Crippen molar-refractivity contribution in [1.82, 2.24) is 10.3 Å². The van der Waals surface area contributed by atoms with Gasteiger partial charge in [-0.25, -0.2) is 4.98 Å². The molecule has 2 aliphatic rings. The van der Waals surface area contributed by atoms with E-state index in [9.17, 15) is 0 Å². The largest absolute Gasteiger partial charge is 0.348 e. The lowest BCUT2D eigenvalue weighted by atomic mass is 10.1. The number of thioether (sulfide) groups is 1. The van der Waals surface area contributed by atoms with Gasteiger partial charge in [-0.2, -0.15) is 0 Å². The zero-order valence-electron chi connectivity index (χ0n) is 11.3. The number of anilines is 1. The molecule has 4 heteroatoms. The minimum Gasteiger partial charge on any atom is -0.348 e. The van der Waals surface area contributed by atoms with E-state index in [2.05, 4.69) is 43.1 Å². The summed E-state index contributed by atoms with van der Waals surface area (Å²) in [7, 11) is 0. The number of fused-ring (bicyclic) bond motifs is 3. The average Bonchev–Trinajstić information content (AvgIpc) is 2.67. The molecule has 0 amide bonds. The van der Waals surface area contributed by atoms with E-state index in [0.717, 1.165) is 24.5 Å². The smallest absolute Gasteiger partial charge is 0.133 e. The van der Waals surface area contributed by atoms with Crippen LogP contribution in [0, 0.1) is 0 Å². The van der Waals surface area contributed by atoms with Crippen molar-refractivity contribution in [3.05, 3.63) is 17.7 Å². The first-order valence-electron chi connectivity index (χ1n) is 6.81. The molecular formula is C14H21N3S. The Labute approximate surface area is 113 Å². The highest BCUT2D eigenvalue weighted by Crippen LogP contribution is 2.35. The van der Waals surface area contributed by atoms with Crippen molar-refractivity contribution in [3.63, 3.8) is 0 Å². The van der Waals surface area contributed by atoms with Gasteiger partial charge in [0.1, 0.15) is 5.82 Å². The first kappa shape index (κ1) is 12.3. The van der Waals surface area contributed by atoms with Crippen LogP contribution >= 0.6 is 11.8 Å².